The summed E-state index contributed by atoms with van der Waals surface area (Å²) in [4.78, 5) is 18.9. The molecule has 1 aliphatic rings. The molecule has 0 bridgehead atoms. The molecule has 0 radical (unpaired) electrons. The van der Waals surface area contributed by atoms with Gasteiger partial charge in [0.1, 0.15) is 16.6 Å². The van der Waals surface area contributed by atoms with E-state index in [1.165, 1.54) is 12.1 Å². The first-order chi connectivity index (χ1) is 16.4. The summed E-state index contributed by atoms with van der Waals surface area (Å²) in [5.74, 6) is -3.30. The number of likely N-dealkylation sites (tertiary alicyclic amines) is 1. The molecule has 10 heteroatoms. The van der Waals surface area contributed by atoms with Gasteiger partial charge in [-0.2, -0.15) is 0 Å². The first-order valence-electron chi connectivity index (χ1n) is 11.2. The fourth-order valence-electron chi connectivity index (χ4n) is 3.90. The summed E-state index contributed by atoms with van der Waals surface area (Å²) in [6.45, 7) is 4.34. The molecule has 2 aromatic heterocycles. The maximum absolute atomic E-state index is 14.8. The molecular formula is C25H27F3N4O2S. The lowest BCUT2D eigenvalue weighted by atomic mass is 9.96. The van der Waals surface area contributed by atoms with E-state index in [9.17, 15) is 23.1 Å². The molecule has 0 atom stereocenters. The van der Waals surface area contributed by atoms with Crippen LogP contribution in [-0.2, 0) is 12.1 Å². The Hall–Kier alpha value is -2.95. The van der Waals surface area contributed by atoms with Crippen molar-refractivity contribution >= 4 is 28.1 Å². The highest BCUT2D eigenvalue weighted by Crippen LogP contribution is 2.38. The van der Waals surface area contributed by atoms with Crippen molar-refractivity contribution < 1.29 is 23.1 Å². The Morgan fingerprint density at radius 1 is 1.23 bits per heavy atom. The molecule has 0 spiro atoms. The molecule has 4 rings (SSSR count). The third kappa shape index (κ3) is 6.01. The molecule has 3 aromatic rings. The fraction of sp³-hybridized carbons (Fsp3) is 0.360. The van der Waals surface area contributed by atoms with Crippen LogP contribution in [0.1, 0.15) is 48.2 Å². The molecule has 1 saturated heterocycles. The van der Waals surface area contributed by atoms with Gasteiger partial charge >= 0.3 is 0 Å². The average molecular weight is 505 g/mol. The summed E-state index contributed by atoms with van der Waals surface area (Å²) in [5.41, 5.74) is 6.18. The predicted molar refractivity (Wildman–Crippen MR) is 130 cm³/mol. The molecular weight excluding hydrogens is 477 g/mol. The fourth-order valence-corrected chi connectivity index (χ4v) is 5.00. The zero-order valence-corrected chi connectivity index (χ0v) is 20.3. The van der Waals surface area contributed by atoms with Crippen molar-refractivity contribution in [2.75, 3.05) is 18.4 Å². The van der Waals surface area contributed by atoms with Crippen molar-refractivity contribution in [3.05, 3.63) is 65.1 Å². The highest BCUT2D eigenvalue weighted by Gasteiger charge is 2.33. The number of carbonyl (C=O) groups is 1. The van der Waals surface area contributed by atoms with E-state index in [1.807, 2.05) is 11.0 Å². The van der Waals surface area contributed by atoms with Crippen LogP contribution >= 0.6 is 11.3 Å². The zero-order valence-electron chi connectivity index (χ0n) is 19.4. The lowest BCUT2D eigenvalue weighted by Crippen LogP contribution is -2.38. The average Bonchev–Trinajstić information content (AvgIpc) is 3.19. The second-order valence-electron chi connectivity index (χ2n) is 9.28. The van der Waals surface area contributed by atoms with Gasteiger partial charge in [-0.3, -0.25) is 9.69 Å². The van der Waals surface area contributed by atoms with Gasteiger partial charge in [0.15, 0.2) is 0 Å². The van der Waals surface area contributed by atoms with Gasteiger partial charge in [0.25, 0.3) is 11.8 Å². The van der Waals surface area contributed by atoms with E-state index >= 15 is 0 Å². The highest BCUT2D eigenvalue weighted by molar-refractivity contribution is 7.19. The lowest BCUT2D eigenvalue weighted by Gasteiger charge is -2.31. The number of nitrogens with zero attached hydrogens (tertiary/aromatic N) is 2. The zero-order chi connectivity index (χ0) is 25.4. The van der Waals surface area contributed by atoms with Crippen LogP contribution in [0.5, 0.6) is 0 Å². The van der Waals surface area contributed by atoms with E-state index in [-0.39, 0.29) is 24.0 Å². The summed E-state index contributed by atoms with van der Waals surface area (Å²) in [7, 11) is 0. The van der Waals surface area contributed by atoms with E-state index in [4.69, 9.17) is 5.73 Å². The van der Waals surface area contributed by atoms with E-state index in [1.54, 1.807) is 38.2 Å². The van der Waals surface area contributed by atoms with Gasteiger partial charge in [0.05, 0.1) is 11.2 Å². The third-order valence-electron chi connectivity index (χ3n) is 6.00. The number of nitrogens with two attached hydrogens (primary N) is 1. The highest BCUT2D eigenvalue weighted by atomic mass is 32.1. The van der Waals surface area contributed by atoms with Gasteiger partial charge in [0, 0.05) is 49.1 Å². The Morgan fingerprint density at radius 3 is 2.51 bits per heavy atom. The number of halogens is 3. The molecule has 0 unspecified atom stereocenters. The number of nitrogens with one attached hydrogen (secondary N) is 1. The molecule has 0 saturated carbocycles. The number of primary amides is 1. The van der Waals surface area contributed by atoms with Crippen LogP contribution < -0.4 is 11.1 Å². The van der Waals surface area contributed by atoms with Crippen molar-refractivity contribution in [2.24, 2.45) is 5.73 Å². The lowest BCUT2D eigenvalue weighted by molar-refractivity contribution is -0.0566. The quantitative estimate of drug-likeness (QED) is 0.409. The van der Waals surface area contributed by atoms with Crippen molar-refractivity contribution in [1.29, 1.82) is 0 Å². The number of alkyl halides is 2. The van der Waals surface area contributed by atoms with Gasteiger partial charge in [0.2, 0.25) is 0 Å². The maximum atomic E-state index is 14.8. The maximum Gasteiger partial charge on any atom is 0.251 e. The molecule has 0 aliphatic carbocycles. The Balaban J connectivity index is 1.50. The molecule has 1 amide bonds. The Kier molecular flexibility index (Phi) is 6.90. The van der Waals surface area contributed by atoms with Gasteiger partial charge < -0.3 is 16.2 Å². The number of hydrogen-bond acceptors (Lipinski definition) is 6. The number of benzene rings is 1. The van der Waals surface area contributed by atoms with Gasteiger partial charge in [-0.15, -0.1) is 11.3 Å². The summed E-state index contributed by atoms with van der Waals surface area (Å²) < 4.78 is 41.5. The minimum Gasteiger partial charge on any atom is -0.386 e. The smallest absolute Gasteiger partial charge is 0.251 e. The number of hydrogen-bond donors (Lipinski definition) is 3. The van der Waals surface area contributed by atoms with Crippen LogP contribution in [0, 0.1) is 5.82 Å². The number of anilines is 2. The molecule has 1 fully saturated rings. The third-order valence-corrected chi connectivity index (χ3v) is 7.08. The SMILES string of the molecule is CC(C)(O)c1ccc(-c2cc(C(N)=O)c(Nc3ccc(CN4CCC(F)(F)CC4)cn3)s2)c(F)c1. The monoisotopic (exact) mass is 504 g/mol. The van der Waals surface area contributed by atoms with Gasteiger partial charge in [-0.1, -0.05) is 18.2 Å². The first-order valence-corrected chi connectivity index (χ1v) is 12.0. The van der Waals surface area contributed by atoms with Crippen LogP contribution in [0.25, 0.3) is 10.4 Å². The number of thiophene rings is 1. The molecule has 3 heterocycles. The van der Waals surface area contributed by atoms with E-state index in [2.05, 4.69) is 10.3 Å². The van der Waals surface area contributed by atoms with Gasteiger partial charge in [-0.05, 0) is 43.2 Å². The van der Waals surface area contributed by atoms with Crippen LogP contribution in [0.4, 0.5) is 24.0 Å². The molecule has 35 heavy (non-hydrogen) atoms. The number of aromatic nitrogens is 1. The van der Waals surface area contributed by atoms with Crippen LogP contribution in [0.15, 0.2) is 42.6 Å². The summed E-state index contributed by atoms with van der Waals surface area (Å²) in [6.07, 6.45) is 1.37. The normalized spacial score (nSPS) is 16.3. The van der Waals surface area contributed by atoms with Crippen LogP contribution in [-0.4, -0.2) is 39.9 Å². The second-order valence-corrected chi connectivity index (χ2v) is 10.3. The molecule has 6 nitrogen and oxygen atoms in total. The topological polar surface area (TPSA) is 91.5 Å². The summed E-state index contributed by atoms with van der Waals surface area (Å²) >= 11 is 1.16. The molecule has 1 aliphatic heterocycles. The van der Waals surface area contributed by atoms with Gasteiger partial charge in [-0.25, -0.2) is 18.2 Å². The van der Waals surface area contributed by atoms with Crippen molar-refractivity contribution in [3.63, 3.8) is 0 Å². The van der Waals surface area contributed by atoms with E-state index in [0.717, 1.165) is 16.9 Å². The Bertz CT molecular complexity index is 1210. The van der Waals surface area contributed by atoms with E-state index < -0.39 is 23.2 Å². The van der Waals surface area contributed by atoms with Crippen molar-refractivity contribution in [3.8, 4) is 10.4 Å². The Morgan fingerprint density at radius 2 is 1.94 bits per heavy atom. The van der Waals surface area contributed by atoms with Crippen molar-refractivity contribution in [1.82, 2.24) is 9.88 Å². The Labute approximate surface area is 205 Å². The minimum atomic E-state index is -2.58. The second kappa shape index (κ2) is 9.60. The van der Waals surface area contributed by atoms with Crippen molar-refractivity contribution in [2.45, 2.75) is 44.8 Å². The summed E-state index contributed by atoms with van der Waals surface area (Å²) in [6, 6.07) is 9.58. The largest absolute Gasteiger partial charge is 0.386 e. The standard InChI is InChI=1S/C25H27F3N4O2S/c1-24(2,34)16-4-5-17(19(26)11-16)20-12-18(22(29)33)23(35-20)31-21-6-3-15(13-30-21)14-32-9-7-25(27,28)8-10-32/h3-6,11-13,34H,7-10,14H2,1-2H3,(H2,29,33)(H,30,31). The molecule has 4 N–H and O–H groups in total. The minimum absolute atomic E-state index is 0.141. The number of aliphatic hydroxyl groups is 1. The van der Waals surface area contributed by atoms with Crippen LogP contribution in [0.2, 0.25) is 0 Å². The number of amides is 1. The molecule has 186 valence electrons. The van der Waals surface area contributed by atoms with E-state index in [0.29, 0.717) is 40.9 Å². The predicted octanol–water partition coefficient (Wildman–Crippen LogP) is 5.25. The molecule has 1 aromatic carbocycles. The number of carbonyl (C=O) groups excluding carboxylic acids is 1. The number of pyridine rings is 1. The number of rotatable bonds is 7. The first kappa shape index (κ1) is 25.2. The van der Waals surface area contributed by atoms with Crippen LogP contribution in [0.3, 0.4) is 0 Å². The summed E-state index contributed by atoms with van der Waals surface area (Å²) in [5, 5.41) is 13.6. The number of piperidine rings is 1.